The van der Waals surface area contributed by atoms with Gasteiger partial charge in [-0.25, -0.2) is 14.2 Å². The minimum atomic E-state index is -0.376. The second-order valence-electron chi connectivity index (χ2n) is 10.1. The molecule has 37 heavy (non-hydrogen) atoms. The van der Waals surface area contributed by atoms with Gasteiger partial charge in [0.05, 0.1) is 46.5 Å². The summed E-state index contributed by atoms with van der Waals surface area (Å²) >= 11 is 0. The Morgan fingerprint density at radius 1 is 1.16 bits per heavy atom. The molecule has 2 aliphatic rings. The number of benzene rings is 1. The van der Waals surface area contributed by atoms with Crippen LogP contribution in [0.3, 0.4) is 0 Å². The van der Waals surface area contributed by atoms with Crippen LogP contribution in [-0.2, 0) is 7.05 Å². The van der Waals surface area contributed by atoms with E-state index in [0.717, 1.165) is 35.8 Å². The van der Waals surface area contributed by atoms with Crippen molar-refractivity contribution < 1.29 is 9.13 Å². The third kappa shape index (κ3) is 4.15. The number of hydrogen-bond donors (Lipinski definition) is 1. The molecule has 0 amide bonds. The number of imidazole rings is 1. The zero-order valence-corrected chi connectivity index (χ0v) is 21.5. The van der Waals surface area contributed by atoms with E-state index in [0.29, 0.717) is 41.4 Å². The molecule has 1 aromatic carbocycles. The molecule has 194 valence electrons. The molecule has 6 rings (SSSR count). The van der Waals surface area contributed by atoms with Gasteiger partial charge in [-0.15, -0.1) is 0 Å². The lowest BCUT2D eigenvalue weighted by Gasteiger charge is -2.26. The van der Waals surface area contributed by atoms with Gasteiger partial charge in [-0.1, -0.05) is 13.3 Å². The van der Waals surface area contributed by atoms with Crippen LogP contribution >= 0.6 is 0 Å². The van der Waals surface area contributed by atoms with Crippen LogP contribution in [0.25, 0.3) is 33.1 Å². The number of halogens is 1. The lowest BCUT2D eigenvalue weighted by Crippen LogP contribution is -2.31. The Balaban J connectivity index is 1.32. The molecule has 1 atom stereocenters. The van der Waals surface area contributed by atoms with Crippen LogP contribution < -0.4 is 15.7 Å². The van der Waals surface area contributed by atoms with Gasteiger partial charge in [-0.3, -0.25) is 14.1 Å². The van der Waals surface area contributed by atoms with Crippen LogP contribution in [0.1, 0.15) is 45.1 Å². The highest BCUT2D eigenvalue weighted by Gasteiger charge is 2.28. The molecule has 1 fully saturated rings. The first-order valence-electron chi connectivity index (χ1n) is 13.3. The maximum atomic E-state index is 15.6. The number of nitrogens with zero attached hydrogens (tertiary/aromatic N) is 5. The summed E-state index contributed by atoms with van der Waals surface area (Å²) in [5, 5.41) is 4.22. The van der Waals surface area contributed by atoms with Gasteiger partial charge in [0, 0.05) is 49.6 Å². The Morgan fingerprint density at radius 3 is 2.76 bits per heavy atom. The summed E-state index contributed by atoms with van der Waals surface area (Å²) in [6.07, 6.45) is 8.96. The highest BCUT2D eigenvalue weighted by Crippen LogP contribution is 2.42. The SMILES string of the molecule is CCC1CNc2c(-c3ccc(OCCCN4CCCCC4)nc3)c(F)cc3ncc4c(c23)n1c(=O)n4C. The Hall–Kier alpha value is -3.46. The van der Waals surface area contributed by atoms with Gasteiger partial charge >= 0.3 is 5.69 Å². The molecule has 0 bridgehead atoms. The number of pyridine rings is 2. The molecular formula is C28H33FN6O2. The quantitative estimate of drug-likeness (QED) is 0.367. The molecular weight excluding hydrogens is 471 g/mol. The summed E-state index contributed by atoms with van der Waals surface area (Å²) in [4.78, 5) is 24.6. The first kappa shape index (κ1) is 23.9. The van der Waals surface area contributed by atoms with E-state index in [1.807, 2.05) is 10.6 Å². The van der Waals surface area contributed by atoms with Crippen molar-refractivity contribution in [3.05, 3.63) is 46.9 Å². The smallest absolute Gasteiger partial charge is 0.329 e. The maximum Gasteiger partial charge on any atom is 0.329 e. The number of hydrogen-bond acceptors (Lipinski definition) is 6. The normalized spacial score (nSPS) is 17.9. The Bertz CT molecular complexity index is 1500. The molecule has 8 nitrogen and oxygen atoms in total. The predicted octanol–water partition coefficient (Wildman–Crippen LogP) is 4.72. The Morgan fingerprint density at radius 2 is 2.00 bits per heavy atom. The molecule has 1 N–H and O–H groups in total. The third-order valence-electron chi connectivity index (χ3n) is 7.85. The van der Waals surface area contributed by atoms with E-state index in [-0.39, 0.29) is 17.5 Å². The second-order valence-corrected chi connectivity index (χ2v) is 10.1. The predicted molar refractivity (Wildman–Crippen MR) is 144 cm³/mol. The number of aryl methyl sites for hydroxylation is 1. The van der Waals surface area contributed by atoms with E-state index in [1.165, 1.54) is 38.4 Å². The average molecular weight is 505 g/mol. The van der Waals surface area contributed by atoms with Gasteiger partial charge in [0.1, 0.15) is 5.82 Å². The molecule has 5 heterocycles. The number of piperidine rings is 1. The van der Waals surface area contributed by atoms with Crippen molar-refractivity contribution in [2.24, 2.45) is 7.05 Å². The summed E-state index contributed by atoms with van der Waals surface area (Å²) in [5.74, 6) is 0.160. The maximum absolute atomic E-state index is 15.6. The van der Waals surface area contributed by atoms with E-state index in [1.54, 1.807) is 30.1 Å². The van der Waals surface area contributed by atoms with E-state index in [2.05, 4.69) is 27.1 Å². The summed E-state index contributed by atoms with van der Waals surface area (Å²) in [6, 6.07) is 5.05. The van der Waals surface area contributed by atoms with Crippen molar-refractivity contribution in [1.82, 2.24) is 24.0 Å². The molecule has 1 saturated heterocycles. The minimum absolute atomic E-state index is 0.0519. The topological polar surface area (TPSA) is 77.2 Å². The molecule has 0 radical (unpaired) electrons. The fourth-order valence-corrected chi connectivity index (χ4v) is 5.85. The van der Waals surface area contributed by atoms with Crippen molar-refractivity contribution in [3.8, 4) is 17.0 Å². The van der Waals surface area contributed by atoms with Gasteiger partial charge in [-0.2, -0.15) is 0 Å². The van der Waals surface area contributed by atoms with E-state index < -0.39 is 0 Å². The van der Waals surface area contributed by atoms with Crippen molar-refractivity contribution in [2.75, 3.05) is 38.1 Å². The minimum Gasteiger partial charge on any atom is -0.478 e. The molecule has 0 aliphatic carbocycles. The molecule has 1 unspecified atom stereocenters. The van der Waals surface area contributed by atoms with Gasteiger partial charge in [0.25, 0.3) is 0 Å². The van der Waals surface area contributed by atoms with Crippen molar-refractivity contribution in [2.45, 2.75) is 45.1 Å². The Kier molecular flexibility index (Phi) is 6.32. The summed E-state index contributed by atoms with van der Waals surface area (Å²) in [5.41, 5.74) is 3.72. The highest BCUT2D eigenvalue weighted by atomic mass is 19.1. The summed E-state index contributed by atoms with van der Waals surface area (Å²) < 4.78 is 24.9. The van der Waals surface area contributed by atoms with Crippen LogP contribution in [0.5, 0.6) is 5.88 Å². The molecule has 0 spiro atoms. The van der Waals surface area contributed by atoms with E-state index in [4.69, 9.17) is 4.74 Å². The Labute approximate surface area is 215 Å². The largest absolute Gasteiger partial charge is 0.478 e. The van der Waals surface area contributed by atoms with Crippen LogP contribution in [0.2, 0.25) is 0 Å². The number of anilines is 1. The second kappa shape index (κ2) is 9.78. The summed E-state index contributed by atoms with van der Waals surface area (Å²) in [7, 11) is 1.76. The van der Waals surface area contributed by atoms with Crippen molar-refractivity contribution >= 4 is 27.6 Å². The highest BCUT2D eigenvalue weighted by molar-refractivity contribution is 6.13. The van der Waals surface area contributed by atoms with E-state index in [9.17, 15) is 4.79 Å². The molecule has 2 aliphatic heterocycles. The van der Waals surface area contributed by atoms with Crippen LogP contribution in [-0.4, -0.2) is 56.8 Å². The standard InChI is InChI=1S/C28H33FN6O2/c1-3-19-16-32-26-24(18-8-9-23(31-15-18)37-13-7-12-34-10-5-4-6-11-34)20(29)14-21-25(26)27-22(17-30-21)33(2)28(36)35(19)27/h8-9,14-15,17,19,32H,3-7,10-13,16H2,1-2H3. The molecule has 4 aromatic rings. The molecule has 9 heteroatoms. The summed E-state index contributed by atoms with van der Waals surface area (Å²) in [6.45, 7) is 6.58. The number of likely N-dealkylation sites (tertiary alicyclic amines) is 1. The third-order valence-corrected chi connectivity index (χ3v) is 7.85. The van der Waals surface area contributed by atoms with Crippen molar-refractivity contribution in [3.63, 3.8) is 0 Å². The van der Waals surface area contributed by atoms with E-state index >= 15 is 4.39 Å². The zero-order chi connectivity index (χ0) is 25.5. The van der Waals surface area contributed by atoms with Gasteiger partial charge < -0.3 is 15.0 Å². The number of aromatic nitrogens is 4. The van der Waals surface area contributed by atoms with Crippen LogP contribution in [0.15, 0.2) is 35.4 Å². The molecule has 3 aromatic heterocycles. The first-order valence-corrected chi connectivity index (χ1v) is 13.3. The fourth-order valence-electron chi connectivity index (χ4n) is 5.85. The van der Waals surface area contributed by atoms with Gasteiger partial charge in [-0.05, 0) is 44.8 Å². The lowest BCUT2D eigenvalue weighted by molar-refractivity contribution is 0.203. The number of ether oxygens (including phenoxy) is 1. The molecule has 0 saturated carbocycles. The van der Waals surface area contributed by atoms with Crippen LogP contribution in [0, 0.1) is 5.82 Å². The van der Waals surface area contributed by atoms with Gasteiger partial charge in [0.2, 0.25) is 5.88 Å². The lowest BCUT2D eigenvalue weighted by atomic mass is 10.00. The monoisotopic (exact) mass is 504 g/mol. The zero-order valence-electron chi connectivity index (χ0n) is 21.5. The number of nitrogens with one attached hydrogen (secondary N) is 1. The first-order chi connectivity index (χ1) is 18.1. The van der Waals surface area contributed by atoms with Crippen LogP contribution in [0.4, 0.5) is 10.1 Å². The number of rotatable bonds is 7. The average Bonchev–Trinajstić information content (AvgIpc) is 3.06. The van der Waals surface area contributed by atoms with Gasteiger partial charge in [0.15, 0.2) is 0 Å². The van der Waals surface area contributed by atoms with Crippen molar-refractivity contribution in [1.29, 1.82) is 0 Å². The fraction of sp³-hybridized carbons (Fsp3) is 0.464.